The molecule has 1 N–H and O–H groups in total. The van der Waals surface area contributed by atoms with Gasteiger partial charge in [-0.05, 0) is 18.2 Å². The van der Waals surface area contributed by atoms with Crippen LogP contribution >= 0.6 is 23.2 Å². The molecule has 92 valence electrons. The van der Waals surface area contributed by atoms with E-state index in [4.69, 9.17) is 28.3 Å². The molecule has 1 aromatic rings. The quantitative estimate of drug-likeness (QED) is 0.926. The van der Waals surface area contributed by atoms with Gasteiger partial charge in [-0.25, -0.2) is 13.2 Å². The smallest absolute Gasteiger partial charge is 0.337 e. The summed E-state index contributed by atoms with van der Waals surface area (Å²) in [6.45, 7) is 3.29. The molecule has 0 aliphatic rings. The lowest BCUT2D eigenvalue weighted by atomic mass is 10.2. The first-order chi connectivity index (χ1) is 7.74. The van der Waals surface area contributed by atoms with Crippen LogP contribution < -0.4 is 0 Å². The number of aromatic carboxylic acids is 1. The van der Waals surface area contributed by atoms with Gasteiger partial charge in [0, 0.05) is 5.03 Å². The minimum atomic E-state index is -3.63. The Labute approximate surface area is 108 Å². The van der Waals surface area contributed by atoms with E-state index in [0.29, 0.717) is 0 Å². The van der Waals surface area contributed by atoms with Crippen LogP contribution in [0.2, 0.25) is 5.02 Å². The molecule has 1 rings (SSSR count). The molecule has 0 fully saturated rings. The van der Waals surface area contributed by atoms with Gasteiger partial charge in [0.25, 0.3) is 0 Å². The van der Waals surface area contributed by atoms with Crippen molar-refractivity contribution in [1.29, 1.82) is 0 Å². The number of halogens is 2. The van der Waals surface area contributed by atoms with E-state index in [9.17, 15) is 13.2 Å². The molecule has 0 saturated carbocycles. The molecule has 0 amide bonds. The van der Waals surface area contributed by atoms with Gasteiger partial charge in [0.2, 0.25) is 0 Å². The third-order valence-electron chi connectivity index (χ3n) is 1.88. The number of carbonyl (C=O) groups is 1. The fourth-order valence-electron chi connectivity index (χ4n) is 1.15. The van der Waals surface area contributed by atoms with E-state index in [1.165, 1.54) is 6.07 Å². The van der Waals surface area contributed by atoms with Gasteiger partial charge in [-0.2, -0.15) is 0 Å². The highest BCUT2D eigenvalue weighted by Crippen LogP contribution is 2.22. The van der Waals surface area contributed by atoms with E-state index in [2.05, 4.69) is 6.58 Å². The molecule has 0 aliphatic heterocycles. The van der Waals surface area contributed by atoms with Gasteiger partial charge in [0.05, 0.1) is 21.2 Å². The predicted molar refractivity (Wildman–Crippen MR) is 65.5 cm³/mol. The molecule has 0 saturated heterocycles. The molecule has 0 aliphatic carbocycles. The highest BCUT2D eigenvalue weighted by atomic mass is 35.5. The number of sulfone groups is 1. The molecule has 1 aromatic carbocycles. The standard InChI is InChI=1S/C10H8Cl2O4S/c1-6(11)5-17(15,16)7-2-3-8(10(13)14)9(12)4-7/h2-4H,1,5H2,(H,13,14). The largest absolute Gasteiger partial charge is 0.478 e. The summed E-state index contributed by atoms with van der Waals surface area (Å²) in [5.41, 5.74) is -0.157. The minimum Gasteiger partial charge on any atom is -0.478 e. The molecule has 0 spiro atoms. The molecular formula is C10H8Cl2O4S. The molecule has 7 heteroatoms. The molecule has 0 radical (unpaired) electrons. The monoisotopic (exact) mass is 294 g/mol. The van der Waals surface area contributed by atoms with Crippen molar-refractivity contribution < 1.29 is 18.3 Å². The zero-order chi connectivity index (χ0) is 13.2. The van der Waals surface area contributed by atoms with Crippen LogP contribution in [0.3, 0.4) is 0 Å². The Balaban J connectivity index is 3.23. The number of hydrogen-bond acceptors (Lipinski definition) is 3. The average Bonchev–Trinajstić information content (AvgIpc) is 2.14. The second-order valence-electron chi connectivity index (χ2n) is 3.22. The van der Waals surface area contributed by atoms with Crippen molar-refractivity contribution in [3.8, 4) is 0 Å². The fraction of sp³-hybridized carbons (Fsp3) is 0.100. The first-order valence-corrected chi connectivity index (χ1v) is 6.74. The average molecular weight is 295 g/mol. The summed E-state index contributed by atoms with van der Waals surface area (Å²) in [6.07, 6.45) is 0. The Kier molecular flexibility index (Phi) is 4.19. The van der Waals surface area contributed by atoms with Gasteiger partial charge in [0.1, 0.15) is 0 Å². The molecule has 17 heavy (non-hydrogen) atoms. The van der Waals surface area contributed by atoms with Crippen molar-refractivity contribution in [2.24, 2.45) is 0 Å². The summed E-state index contributed by atoms with van der Waals surface area (Å²) in [5.74, 6) is -1.64. The van der Waals surface area contributed by atoms with E-state index < -0.39 is 21.6 Å². The first kappa shape index (κ1) is 14.0. The van der Waals surface area contributed by atoms with E-state index >= 15 is 0 Å². The fourth-order valence-corrected chi connectivity index (χ4v) is 3.06. The summed E-state index contributed by atoms with van der Waals surface area (Å²) >= 11 is 11.1. The summed E-state index contributed by atoms with van der Waals surface area (Å²) in [5, 5.41) is 8.57. The summed E-state index contributed by atoms with van der Waals surface area (Å²) in [6, 6.07) is 3.39. The molecule has 0 heterocycles. The molecule has 0 atom stereocenters. The van der Waals surface area contributed by atoms with E-state index in [1.54, 1.807) is 0 Å². The Hall–Kier alpha value is -1.04. The maximum atomic E-state index is 11.7. The highest BCUT2D eigenvalue weighted by molar-refractivity contribution is 7.91. The van der Waals surface area contributed by atoms with Crippen LogP contribution in [0.1, 0.15) is 10.4 Å². The van der Waals surface area contributed by atoms with Gasteiger partial charge >= 0.3 is 5.97 Å². The SMILES string of the molecule is C=C(Cl)CS(=O)(=O)c1ccc(C(=O)O)c(Cl)c1. The van der Waals surface area contributed by atoms with Crippen LogP contribution in [-0.4, -0.2) is 25.2 Å². The van der Waals surface area contributed by atoms with Gasteiger partial charge in [-0.3, -0.25) is 0 Å². The normalized spacial score (nSPS) is 11.2. The lowest BCUT2D eigenvalue weighted by molar-refractivity contribution is 0.0697. The molecule has 0 aromatic heterocycles. The Morgan fingerprint density at radius 2 is 2.00 bits per heavy atom. The Bertz CT molecular complexity index is 578. The third-order valence-corrected chi connectivity index (χ3v) is 4.18. The van der Waals surface area contributed by atoms with Gasteiger partial charge in [0.15, 0.2) is 9.84 Å². The molecular weight excluding hydrogens is 287 g/mol. The van der Waals surface area contributed by atoms with Crippen molar-refractivity contribution in [3.63, 3.8) is 0 Å². The number of carboxylic acids is 1. The Morgan fingerprint density at radius 3 is 2.41 bits per heavy atom. The molecule has 0 bridgehead atoms. The van der Waals surface area contributed by atoms with E-state index in [0.717, 1.165) is 12.1 Å². The number of carboxylic acid groups (broad SMARTS) is 1. The van der Waals surface area contributed by atoms with Crippen molar-refractivity contribution in [1.82, 2.24) is 0 Å². The van der Waals surface area contributed by atoms with Crippen molar-refractivity contribution >= 4 is 39.0 Å². The first-order valence-electron chi connectivity index (χ1n) is 4.33. The summed E-state index contributed by atoms with van der Waals surface area (Å²) < 4.78 is 23.4. The van der Waals surface area contributed by atoms with Crippen LogP contribution in [0.5, 0.6) is 0 Å². The zero-order valence-electron chi connectivity index (χ0n) is 8.48. The van der Waals surface area contributed by atoms with Gasteiger partial charge in [-0.1, -0.05) is 29.8 Å². The molecule has 4 nitrogen and oxygen atoms in total. The third kappa shape index (κ3) is 3.46. The van der Waals surface area contributed by atoms with Gasteiger partial charge in [-0.15, -0.1) is 0 Å². The maximum Gasteiger partial charge on any atom is 0.337 e. The van der Waals surface area contributed by atoms with Crippen LogP contribution in [-0.2, 0) is 9.84 Å². The maximum absolute atomic E-state index is 11.7. The number of rotatable bonds is 4. The van der Waals surface area contributed by atoms with Crippen LogP contribution in [0.4, 0.5) is 0 Å². The molecule has 0 unspecified atom stereocenters. The number of benzene rings is 1. The van der Waals surface area contributed by atoms with E-state index in [1.807, 2.05) is 0 Å². The predicted octanol–water partition coefficient (Wildman–Crippen LogP) is 2.56. The zero-order valence-corrected chi connectivity index (χ0v) is 10.8. The van der Waals surface area contributed by atoms with Crippen molar-refractivity contribution in [2.75, 3.05) is 5.75 Å². The lowest BCUT2D eigenvalue weighted by Crippen LogP contribution is -2.07. The lowest BCUT2D eigenvalue weighted by Gasteiger charge is -2.05. The second kappa shape index (κ2) is 5.08. The minimum absolute atomic E-state index is 0.0246. The van der Waals surface area contributed by atoms with Gasteiger partial charge < -0.3 is 5.11 Å². The highest BCUT2D eigenvalue weighted by Gasteiger charge is 2.18. The summed E-state index contributed by atoms with van der Waals surface area (Å²) in [7, 11) is -3.63. The van der Waals surface area contributed by atoms with Crippen molar-refractivity contribution in [3.05, 3.63) is 40.4 Å². The van der Waals surface area contributed by atoms with Crippen LogP contribution in [0.15, 0.2) is 34.7 Å². The summed E-state index contributed by atoms with van der Waals surface area (Å²) in [4.78, 5) is 10.6. The second-order valence-corrected chi connectivity index (χ2v) is 6.15. The van der Waals surface area contributed by atoms with Crippen LogP contribution in [0, 0.1) is 0 Å². The van der Waals surface area contributed by atoms with Crippen LogP contribution in [0.25, 0.3) is 0 Å². The van der Waals surface area contributed by atoms with E-state index in [-0.39, 0.29) is 20.5 Å². The van der Waals surface area contributed by atoms with Crippen molar-refractivity contribution in [2.45, 2.75) is 4.90 Å². The Morgan fingerprint density at radius 1 is 1.41 bits per heavy atom. The number of hydrogen-bond donors (Lipinski definition) is 1. The topological polar surface area (TPSA) is 71.4 Å².